The van der Waals surface area contributed by atoms with Gasteiger partial charge in [0.2, 0.25) is 0 Å². The minimum Gasteiger partial charge on any atom is -0.478 e. The first kappa shape index (κ1) is 15.2. The maximum absolute atomic E-state index is 13.8. The van der Waals surface area contributed by atoms with Gasteiger partial charge >= 0.3 is 0 Å². The van der Waals surface area contributed by atoms with Crippen LogP contribution in [0, 0.1) is 23.0 Å². The highest BCUT2D eigenvalue weighted by Crippen LogP contribution is 2.24. The molecule has 1 aromatic rings. The van der Waals surface area contributed by atoms with Gasteiger partial charge in [-0.05, 0) is 30.5 Å². The van der Waals surface area contributed by atoms with E-state index >= 15 is 0 Å². The fraction of sp³-hybridized carbons (Fsp3) is 0.429. The van der Waals surface area contributed by atoms with Crippen molar-refractivity contribution in [2.24, 2.45) is 0 Å². The van der Waals surface area contributed by atoms with E-state index in [0.29, 0.717) is 18.2 Å². The van der Waals surface area contributed by atoms with Crippen molar-refractivity contribution < 1.29 is 18.3 Å². The summed E-state index contributed by atoms with van der Waals surface area (Å²) in [5.74, 6) is -2.90. The molecule has 112 valence electrons. The minimum absolute atomic E-state index is 0.182. The van der Waals surface area contributed by atoms with Crippen LogP contribution in [0.5, 0.6) is 5.75 Å². The molecule has 2 rings (SSSR count). The molecule has 1 amide bonds. The van der Waals surface area contributed by atoms with Gasteiger partial charge in [-0.1, -0.05) is 0 Å². The molecule has 0 bridgehead atoms. The third-order valence-corrected chi connectivity index (χ3v) is 2.94. The van der Waals surface area contributed by atoms with E-state index in [4.69, 9.17) is 10.00 Å². The summed E-state index contributed by atoms with van der Waals surface area (Å²) in [7, 11) is 0. The Morgan fingerprint density at radius 2 is 2.05 bits per heavy atom. The molecule has 7 heteroatoms. The predicted octanol–water partition coefficient (Wildman–Crippen LogP) is 1.24. The van der Waals surface area contributed by atoms with Crippen molar-refractivity contribution in [3.05, 3.63) is 29.3 Å². The lowest BCUT2D eigenvalue weighted by Gasteiger charge is -2.10. The summed E-state index contributed by atoms with van der Waals surface area (Å²) in [6, 6.07) is 4.52. The molecule has 1 saturated carbocycles. The zero-order chi connectivity index (χ0) is 15.2. The number of ether oxygens (including phenoxy) is 1. The molecule has 0 aliphatic heterocycles. The number of benzene rings is 1. The van der Waals surface area contributed by atoms with Crippen LogP contribution in [0.1, 0.15) is 18.4 Å². The summed E-state index contributed by atoms with van der Waals surface area (Å²) in [6.07, 6.45) is 2.17. The third kappa shape index (κ3) is 4.68. The zero-order valence-electron chi connectivity index (χ0n) is 11.3. The van der Waals surface area contributed by atoms with Crippen LogP contribution in [0.3, 0.4) is 0 Å². The third-order valence-electron chi connectivity index (χ3n) is 2.94. The number of nitrogens with one attached hydrogen (secondary N) is 2. The van der Waals surface area contributed by atoms with E-state index in [9.17, 15) is 13.6 Å². The van der Waals surface area contributed by atoms with Crippen LogP contribution in [-0.4, -0.2) is 25.1 Å². The molecule has 0 radical (unpaired) electrons. The quantitative estimate of drug-likeness (QED) is 0.742. The first-order chi connectivity index (χ1) is 10.1. The van der Waals surface area contributed by atoms with Crippen molar-refractivity contribution in [2.45, 2.75) is 25.4 Å². The lowest BCUT2D eigenvalue weighted by Crippen LogP contribution is -2.29. The Bertz CT molecular complexity index is 545. The number of carbonyl (C=O) groups is 1. The fourth-order valence-electron chi connectivity index (χ4n) is 1.73. The van der Waals surface area contributed by atoms with Gasteiger partial charge in [0.25, 0.3) is 5.91 Å². The van der Waals surface area contributed by atoms with Gasteiger partial charge in [0, 0.05) is 12.6 Å². The predicted molar refractivity (Wildman–Crippen MR) is 70.3 cm³/mol. The first-order valence-corrected chi connectivity index (χ1v) is 6.58. The van der Waals surface area contributed by atoms with Gasteiger partial charge in [0.15, 0.2) is 24.0 Å². The van der Waals surface area contributed by atoms with Crippen LogP contribution in [0.2, 0.25) is 0 Å². The normalized spacial score (nSPS) is 13.6. The van der Waals surface area contributed by atoms with E-state index in [-0.39, 0.29) is 6.54 Å². The Morgan fingerprint density at radius 3 is 2.62 bits per heavy atom. The van der Waals surface area contributed by atoms with Crippen molar-refractivity contribution in [1.82, 2.24) is 10.6 Å². The van der Waals surface area contributed by atoms with Crippen LogP contribution >= 0.6 is 0 Å². The number of carbonyl (C=O) groups excluding carboxylic acids is 1. The molecule has 1 aromatic carbocycles. The van der Waals surface area contributed by atoms with Crippen molar-refractivity contribution >= 4 is 5.91 Å². The molecule has 0 atom stereocenters. The molecular weight excluding hydrogens is 280 g/mol. The number of nitrogens with zero attached hydrogens (tertiary/aromatic N) is 1. The van der Waals surface area contributed by atoms with Gasteiger partial charge in [0.1, 0.15) is 6.54 Å². The molecule has 1 fully saturated rings. The Balaban J connectivity index is 1.92. The molecular formula is C14H15F2N3O2. The van der Waals surface area contributed by atoms with E-state index in [0.717, 1.165) is 12.8 Å². The SMILES string of the molecule is N#CCNC(=O)COc1c(F)cc(CNC2CC2)cc1F. The minimum atomic E-state index is -0.851. The maximum Gasteiger partial charge on any atom is 0.258 e. The van der Waals surface area contributed by atoms with Crippen molar-refractivity contribution in [1.29, 1.82) is 5.26 Å². The van der Waals surface area contributed by atoms with Gasteiger partial charge < -0.3 is 15.4 Å². The van der Waals surface area contributed by atoms with Crippen LogP contribution in [-0.2, 0) is 11.3 Å². The van der Waals surface area contributed by atoms with E-state index < -0.39 is 29.9 Å². The molecule has 0 spiro atoms. The van der Waals surface area contributed by atoms with Crippen molar-refractivity contribution in [2.75, 3.05) is 13.2 Å². The number of hydrogen-bond donors (Lipinski definition) is 2. The van der Waals surface area contributed by atoms with Gasteiger partial charge in [-0.15, -0.1) is 0 Å². The van der Waals surface area contributed by atoms with E-state index in [1.54, 1.807) is 6.07 Å². The fourth-order valence-corrected chi connectivity index (χ4v) is 1.73. The van der Waals surface area contributed by atoms with Crippen LogP contribution in [0.25, 0.3) is 0 Å². The molecule has 5 nitrogen and oxygen atoms in total. The Morgan fingerprint density at radius 1 is 1.38 bits per heavy atom. The molecule has 0 heterocycles. The van der Waals surface area contributed by atoms with E-state index in [2.05, 4.69) is 10.6 Å². The first-order valence-electron chi connectivity index (χ1n) is 6.58. The van der Waals surface area contributed by atoms with Gasteiger partial charge in [0.05, 0.1) is 6.07 Å². The van der Waals surface area contributed by atoms with Crippen LogP contribution < -0.4 is 15.4 Å². The zero-order valence-corrected chi connectivity index (χ0v) is 11.3. The van der Waals surface area contributed by atoms with E-state index in [1.807, 2.05) is 0 Å². The molecule has 0 saturated heterocycles. The second-order valence-electron chi connectivity index (χ2n) is 4.77. The Hall–Kier alpha value is -2.20. The Kier molecular flexibility index (Phi) is 5.06. The summed E-state index contributed by atoms with van der Waals surface area (Å²) in [4.78, 5) is 11.2. The summed E-state index contributed by atoms with van der Waals surface area (Å²) in [5, 5.41) is 13.6. The molecule has 1 aliphatic carbocycles. The summed E-state index contributed by atoms with van der Waals surface area (Å²) >= 11 is 0. The topological polar surface area (TPSA) is 74.2 Å². The number of hydrogen-bond acceptors (Lipinski definition) is 4. The number of nitriles is 1. The largest absolute Gasteiger partial charge is 0.478 e. The van der Waals surface area contributed by atoms with Crippen LogP contribution in [0.15, 0.2) is 12.1 Å². The highest BCUT2D eigenvalue weighted by atomic mass is 19.1. The van der Waals surface area contributed by atoms with Gasteiger partial charge in [-0.25, -0.2) is 8.78 Å². The molecule has 2 N–H and O–H groups in total. The molecule has 0 aromatic heterocycles. The standard InChI is InChI=1S/C14H15F2N3O2/c15-11-5-9(7-19-10-1-2-10)6-12(16)14(11)21-8-13(20)18-4-3-17/h5-6,10,19H,1-2,4,7-8H2,(H,18,20). The monoisotopic (exact) mass is 295 g/mol. The van der Waals surface area contributed by atoms with Gasteiger partial charge in [-0.3, -0.25) is 4.79 Å². The number of rotatable bonds is 7. The molecule has 21 heavy (non-hydrogen) atoms. The smallest absolute Gasteiger partial charge is 0.258 e. The lowest BCUT2D eigenvalue weighted by molar-refractivity contribution is -0.122. The second-order valence-corrected chi connectivity index (χ2v) is 4.77. The van der Waals surface area contributed by atoms with Gasteiger partial charge in [-0.2, -0.15) is 5.26 Å². The maximum atomic E-state index is 13.8. The molecule has 0 unspecified atom stereocenters. The average Bonchev–Trinajstić information content (AvgIpc) is 3.26. The van der Waals surface area contributed by atoms with Crippen molar-refractivity contribution in [3.8, 4) is 11.8 Å². The Labute approximate surface area is 120 Å². The van der Waals surface area contributed by atoms with E-state index in [1.165, 1.54) is 12.1 Å². The summed E-state index contributed by atoms with van der Waals surface area (Å²) in [5.41, 5.74) is 0.484. The highest BCUT2D eigenvalue weighted by molar-refractivity contribution is 5.77. The lowest BCUT2D eigenvalue weighted by atomic mass is 10.2. The average molecular weight is 295 g/mol. The summed E-state index contributed by atoms with van der Waals surface area (Å²) < 4.78 is 32.4. The number of halogens is 2. The summed E-state index contributed by atoms with van der Waals surface area (Å²) in [6.45, 7) is -0.338. The van der Waals surface area contributed by atoms with Crippen LogP contribution in [0.4, 0.5) is 8.78 Å². The molecule has 1 aliphatic rings. The highest BCUT2D eigenvalue weighted by Gasteiger charge is 2.21. The second kappa shape index (κ2) is 6.99. The van der Waals surface area contributed by atoms with Crippen molar-refractivity contribution in [3.63, 3.8) is 0 Å². The number of amides is 1.